The zero-order valence-corrected chi connectivity index (χ0v) is 9.66. The molecule has 0 heterocycles. The molecule has 0 aliphatic rings. The van der Waals surface area contributed by atoms with Crippen LogP contribution in [0.3, 0.4) is 0 Å². The van der Waals surface area contributed by atoms with Gasteiger partial charge in [-0.3, -0.25) is 4.79 Å². The van der Waals surface area contributed by atoms with Crippen LogP contribution < -0.4 is 5.32 Å². The van der Waals surface area contributed by atoms with Gasteiger partial charge >= 0.3 is 5.97 Å². The summed E-state index contributed by atoms with van der Waals surface area (Å²) in [5, 5.41) is 11.2. The lowest BCUT2D eigenvalue weighted by molar-refractivity contribution is -0.142. The first-order valence-electron chi connectivity index (χ1n) is 4.89. The van der Waals surface area contributed by atoms with E-state index in [1.165, 1.54) is 7.11 Å². The normalized spacial score (nSPS) is 13.3. The van der Waals surface area contributed by atoms with Gasteiger partial charge in [0.2, 0.25) is 5.91 Å². The largest absolute Gasteiger partial charge is 0.480 e. The van der Waals surface area contributed by atoms with E-state index >= 15 is 0 Å². The number of carbonyl (C=O) groups excluding carboxylic acids is 1. The monoisotopic (exact) mass is 217 g/mol. The molecule has 0 fully saturated rings. The Hall–Kier alpha value is -1.10. The molecule has 0 aromatic rings. The van der Waals surface area contributed by atoms with E-state index in [0.717, 1.165) is 0 Å². The SMILES string of the molecule is CCC(NC(=O)CC(C)(C)OC)C(=O)O. The highest BCUT2D eigenvalue weighted by Crippen LogP contribution is 2.12. The first kappa shape index (κ1) is 13.9. The molecule has 88 valence electrons. The standard InChI is InChI=1S/C10H19NO4/c1-5-7(9(13)14)11-8(12)6-10(2,3)15-4/h7H,5-6H2,1-4H3,(H,11,12)(H,13,14). The number of ether oxygens (including phenoxy) is 1. The van der Waals surface area contributed by atoms with Crippen molar-refractivity contribution in [2.24, 2.45) is 0 Å². The third kappa shape index (κ3) is 5.37. The maximum absolute atomic E-state index is 11.4. The molecule has 0 bridgehead atoms. The number of carboxylic acid groups (broad SMARTS) is 1. The molecule has 0 aliphatic carbocycles. The topological polar surface area (TPSA) is 75.6 Å². The number of hydrogen-bond acceptors (Lipinski definition) is 3. The number of rotatable bonds is 6. The average molecular weight is 217 g/mol. The van der Waals surface area contributed by atoms with Gasteiger partial charge < -0.3 is 15.2 Å². The molecular weight excluding hydrogens is 198 g/mol. The van der Waals surface area contributed by atoms with E-state index in [2.05, 4.69) is 5.32 Å². The molecule has 0 aromatic carbocycles. The molecule has 2 N–H and O–H groups in total. The van der Waals surface area contributed by atoms with Gasteiger partial charge in [-0.2, -0.15) is 0 Å². The van der Waals surface area contributed by atoms with Crippen molar-refractivity contribution in [1.29, 1.82) is 0 Å². The summed E-state index contributed by atoms with van der Waals surface area (Å²) < 4.78 is 5.08. The second-order valence-corrected chi connectivity index (χ2v) is 4.01. The van der Waals surface area contributed by atoms with Gasteiger partial charge in [0.1, 0.15) is 6.04 Å². The summed E-state index contributed by atoms with van der Waals surface area (Å²) in [6.07, 6.45) is 0.516. The lowest BCUT2D eigenvalue weighted by Gasteiger charge is -2.23. The Morgan fingerprint density at radius 1 is 1.47 bits per heavy atom. The van der Waals surface area contributed by atoms with Gasteiger partial charge in [0.15, 0.2) is 0 Å². The number of carbonyl (C=O) groups is 2. The third-order valence-electron chi connectivity index (χ3n) is 2.18. The van der Waals surface area contributed by atoms with Crippen LogP contribution in [0.2, 0.25) is 0 Å². The molecule has 5 nitrogen and oxygen atoms in total. The minimum Gasteiger partial charge on any atom is -0.480 e. The Morgan fingerprint density at radius 2 is 2.00 bits per heavy atom. The summed E-state index contributed by atoms with van der Waals surface area (Å²) in [4.78, 5) is 22.1. The van der Waals surface area contributed by atoms with E-state index in [1.807, 2.05) is 0 Å². The van der Waals surface area contributed by atoms with Crippen LogP contribution in [0.1, 0.15) is 33.6 Å². The zero-order valence-electron chi connectivity index (χ0n) is 9.66. The molecule has 1 unspecified atom stereocenters. The van der Waals surface area contributed by atoms with E-state index in [4.69, 9.17) is 9.84 Å². The summed E-state index contributed by atoms with van der Waals surface area (Å²) in [6.45, 7) is 5.25. The predicted molar refractivity (Wildman–Crippen MR) is 55.6 cm³/mol. The molecule has 0 saturated heterocycles. The number of aliphatic carboxylic acids is 1. The zero-order chi connectivity index (χ0) is 12.1. The van der Waals surface area contributed by atoms with Crippen LogP contribution in [0, 0.1) is 0 Å². The van der Waals surface area contributed by atoms with Crippen LogP contribution in [-0.4, -0.2) is 35.7 Å². The first-order chi connectivity index (χ1) is 6.82. The Bertz CT molecular complexity index is 238. The highest BCUT2D eigenvalue weighted by Gasteiger charge is 2.24. The predicted octanol–water partition coefficient (Wildman–Crippen LogP) is 0.781. The maximum Gasteiger partial charge on any atom is 0.326 e. The minimum atomic E-state index is -1.01. The lowest BCUT2D eigenvalue weighted by atomic mass is 10.0. The van der Waals surface area contributed by atoms with Gasteiger partial charge in [-0.25, -0.2) is 4.79 Å². The van der Waals surface area contributed by atoms with Crippen molar-refractivity contribution in [3.05, 3.63) is 0 Å². The van der Waals surface area contributed by atoms with Crippen LogP contribution in [0.25, 0.3) is 0 Å². The van der Waals surface area contributed by atoms with Gasteiger partial charge in [-0.1, -0.05) is 6.92 Å². The average Bonchev–Trinajstić information content (AvgIpc) is 2.13. The third-order valence-corrected chi connectivity index (χ3v) is 2.18. The molecule has 0 spiro atoms. The number of methoxy groups -OCH3 is 1. The fourth-order valence-corrected chi connectivity index (χ4v) is 1.04. The number of nitrogens with one attached hydrogen (secondary N) is 1. The molecule has 0 aromatic heterocycles. The smallest absolute Gasteiger partial charge is 0.326 e. The van der Waals surface area contributed by atoms with E-state index in [1.54, 1.807) is 20.8 Å². The van der Waals surface area contributed by atoms with Gasteiger partial charge in [-0.15, -0.1) is 0 Å². The van der Waals surface area contributed by atoms with E-state index in [-0.39, 0.29) is 12.3 Å². The first-order valence-corrected chi connectivity index (χ1v) is 4.89. The van der Waals surface area contributed by atoms with Crippen molar-refractivity contribution >= 4 is 11.9 Å². The molecule has 1 atom stereocenters. The molecule has 1 amide bonds. The minimum absolute atomic E-state index is 0.146. The highest BCUT2D eigenvalue weighted by molar-refractivity contribution is 5.83. The van der Waals surface area contributed by atoms with E-state index < -0.39 is 17.6 Å². The maximum atomic E-state index is 11.4. The Morgan fingerprint density at radius 3 is 2.33 bits per heavy atom. The van der Waals surface area contributed by atoms with Crippen LogP contribution in [0.5, 0.6) is 0 Å². The van der Waals surface area contributed by atoms with Crippen LogP contribution in [-0.2, 0) is 14.3 Å². The van der Waals surface area contributed by atoms with Crippen molar-refractivity contribution < 1.29 is 19.4 Å². The van der Waals surface area contributed by atoms with Gasteiger partial charge in [0, 0.05) is 7.11 Å². The molecule has 15 heavy (non-hydrogen) atoms. The van der Waals surface area contributed by atoms with Crippen LogP contribution in [0.15, 0.2) is 0 Å². The summed E-state index contributed by atoms with van der Waals surface area (Å²) in [5.41, 5.74) is -0.569. The van der Waals surface area contributed by atoms with Crippen molar-refractivity contribution in [3.8, 4) is 0 Å². The fourth-order valence-electron chi connectivity index (χ4n) is 1.04. The Labute approximate surface area is 89.8 Å². The highest BCUT2D eigenvalue weighted by atomic mass is 16.5. The molecule has 0 rings (SSSR count). The van der Waals surface area contributed by atoms with E-state index in [9.17, 15) is 9.59 Å². The van der Waals surface area contributed by atoms with Crippen molar-refractivity contribution in [2.75, 3.05) is 7.11 Å². The van der Waals surface area contributed by atoms with Gasteiger partial charge in [-0.05, 0) is 20.3 Å². The molecule has 0 radical (unpaired) electrons. The lowest BCUT2D eigenvalue weighted by Crippen LogP contribution is -2.43. The number of carboxylic acids is 1. The summed E-state index contributed by atoms with van der Waals surface area (Å²) >= 11 is 0. The summed E-state index contributed by atoms with van der Waals surface area (Å²) in [6, 6.07) is -0.815. The van der Waals surface area contributed by atoms with Gasteiger partial charge in [0.25, 0.3) is 0 Å². The molecule has 0 saturated carbocycles. The van der Waals surface area contributed by atoms with E-state index in [0.29, 0.717) is 6.42 Å². The number of amides is 1. The Kier molecular flexibility index (Phi) is 5.28. The molecular formula is C10H19NO4. The Balaban J connectivity index is 4.19. The van der Waals surface area contributed by atoms with Gasteiger partial charge in [0.05, 0.1) is 12.0 Å². The fraction of sp³-hybridized carbons (Fsp3) is 0.800. The summed E-state index contributed by atoms with van der Waals surface area (Å²) in [7, 11) is 1.52. The molecule has 0 aliphatic heterocycles. The molecule has 5 heteroatoms. The quantitative estimate of drug-likeness (QED) is 0.689. The number of hydrogen-bond donors (Lipinski definition) is 2. The van der Waals surface area contributed by atoms with Crippen molar-refractivity contribution in [2.45, 2.75) is 45.3 Å². The van der Waals surface area contributed by atoms with Crippen LogP contribution >= 0.6 is 0 Å². The summed E-state index contributed by atoms with van der Waals surface area (Å²) in [5.74, 6) is -1.32. The second-order valence-electron chi connectivity index (χ2n) is 4.01. The van der Waals surface area contributed by atoms with Crippen LogP contribution in [0.4, 0.5) is 0 Å². The second kappa shape index (κ2) is 5.70. The van der Waals surface area contributed by atoms with Crippen molar-refractivity contribution in [1.82, 2.24) is 5.32 Å². The van der Waals surface area contributed by atoms with Crippen molar-refractivity contribution in [3.63, 3.8) is 0 Å².